The molecular weight excluding hydrogens is 290 g/mol. The average molecular weight is 303 g/mol. The van der Waals surface area contributed by atoms with Gasteiger partial charge in [-0.3, -0.25) is 14.1 Å². The number of hydrogen-bond acceptors (Lipinski definition) is 5. The van der Waals surface area contributed by atoms with Crippen LogP contribution in [-0.4, -0.2) is 20.8 Å². The molecule has 0 saturated heterocycles. The van der Waals surface area contributed by atoms with Gasteiger partial charge in [0.15, 0.2) is 4.96 Å². The van der Waals surface area contributed by atoms with Crippen LogP contribution in [0.5, 0.6) is 0 Å². The van der Waals surface area contributed by atoms with Crippen molar-refractivity contribution in [3.05, 3.63) is 55.6 Å². The van der Waals surface area contributed by atoms with Gasteiger partial charge in [0.2, 0.25) is 0 Å². The molecule has 0 fully saturated rings. The fraction of sp³-hybridized carbons (Fsp3) is 0.286. The van der Waals surface area contributed by atoms with Crippen LogP contribution in [0.25, 0.3) is 4.96 Å². The second-order valence-corrected chi connectivity index (χ2v) is 6.84. The Bertz CT molecular complexity index is 817. The lowest BCUT2D eigenvalue weighted by molar-refractivity contribution is 0.244. The van der Waals surface area contributed by atoms with Gasteiger partial charge in [-0.05, 0) is 23.4 Å². The molecule has 0 aromatic carbocycles. The minimum absolute atomic E-state index is 0.0134. The smallest absolute Gasteiger partial charge is 0.258 e. The summed E-state index contributed by atoms with van der Waals surface area (Å²) in [4.78, 5) is 21.2. The molecule has 0 amide bonds. The normalized spacial score (nSPS) is 15.6. The molecule has 0 radical (unpaired) electrons. The van der Waals surface area contributed by atoms with Gasteiger partial charge in [0, 0.05) is 42.2 Å². The van der Waals surface area contributed by atoms with E-state index in [1.807, 2.05) is 16.7 Å². The molecule has 6 heteroatoms. The number of fused-ring (bicyclic) bond motifs is 2. The summed E-state index contributed by atoms with van der Waals surface area (Å²) in [5.74, 6) is 0. The lowest BCUT2D eigenvalue weighted by Gasteiger charge is -2.26. The highest BCUT2D eigenvalue weighted by atomic mass is 32.1. The minimum Gasteiger partial charge on any atom is -0.293 e. The van der Waals surface area contributed by atoms with Crippen molar-refractivity contribution in [3.8, 4) is 0 Å². The highest BCUT2D eigenvalue weighted by Gasteiger charge is 2.18. The molecule has 3 aromatic heterocycles. The van der Waals surface area contributed by atoms with Gasteiger partial charge < -0.3 is 0 Å². The molecule has 4 heterocycles. The molecule has 1 aliphatic rings. The van der Waals surface area contributed by atoms with E-state index in [9.17, 15) is 4.79 Å². The van der Waals surface area contributed by atoms with E-state index in [2.05, 4.69) is 21.3 Å². The number of thiazole rings is 1. The van der Waals surface area contributed by atoms with Gasteiger partial charge in [-0.2, -0.15) is 0 Å². The van der Waals surface area contributed by atoms with Gasteiger partial charge in [-0.25, -0.2) is 4.98 Å². The van der Waals surface area contributed by atoms with Crippen LogP contribution in [0.15, 0.2) is 33.9 Å². The van der Waals surface area contributed by atoms with Crippen LogP contribution in [0, 0.1) is 0 Å². The summed E-state index contributed by atoms with van der Waals surface area (Å²) < 4.78 is 1.60. The average Bonchev–Trinajstić information content (AvgIpc) is 3.06. The van der Waals surface area contributed by atoms with Crippen molar-refractivity contribution in [3.63, 3.8) is 0 Å². The number of nitrogens with zero attached hydrogens (tertiary/aromatic N) is 3. The Hall–Kier alpha value is -1.50. The first-order valence-corrected chi connectivity index (χ1v) is 8.29. The summed E-state index contributed by atoms with van der Waals surface area (Å²) in [6.07, 6.45) is 2.88. The van der Waals surface area contributed by atoms with Crippen molar-refractivity contribution < 1.29 is 0 Å². The van der Waals surface area contributed by atoms with E-state index in [0.29, 0.717) is 0 Å². The number of thiophene rings is 1. The zero-order valence-electron chi connectivity index (χ0n) is 10.8. The van der Waals surface area contributed by atoms with Crippen molar-refractivity contribution in [1.82, 2.24) is 14.3 Å². The molecule has 0 bridgehead atoms. The lowest BCUT2D eigenvalue weighted by atomic mass is 10.1. The Labute approximate surface area is 123 Å². The van der Waals surface area contributed by atoms with Crippen LogP contribution >= 0.6 is 22.7 Å². The molecule has 4 rings (SSSR count). The van der Waals surface area contributed by atoms with Crippen molar-refractivity contribution in [2.75, 3.05) is 6.54 Å². The Morgan fingerprint density at radius 1 is 1.30 bits per heavy atom. The third kappa shape index (κ3) is 2.09. The van der Waals surface area contributed by atoms with E-state index in [1.165, 1.54) is 21.8 Å². The third-order valence-electron chi connectivity index (χ3n) is 3.63. The quantitative estimate of drug-likeness (QED) is 0.729. The van der Waals surface area contributed by atoms with Crippen LogP contribution in [0.3, 0.4) is 0 Å². The van der Waals surface area contributed by atoms with Crippen LogP contribution in [0.1, 0.15) is 16.1 Å². The van der Waals surface area contributed by atoms with Crippen LogP contribution in [-0.2, 0) is 19.5 Å². The molecular formula is C14H13N3OS2. The summed E-state index contributed by atoms with van der Waals surface area (Å²) in [5, 5.41) is 4.06. The van der Waals surface area contributed by atoms with Gasteiger partial charge in [0.1, 0.15) is 0 Å². The summed E-state index contributed by atoms with van der Waals surface area (Å²) in [7, 11) is 0. The second kappa shape index (κ2) is 4.80. The molecule has 0 saturated carbocycles. The summed E-state index contributed by atoms with van der Waals surface area (Å²) in [6, 6.07) is 3.86. The fourth-order valence-corrected chi connectivity index (χ4v) is 4.27. The summed E-state index contributed by atoms with van der Waals surface area (Å²) >= 11 is 3.35. The summed E-state index contributed by atoms with van der Waals surface area (Å²) in [6.45, 7) is 2.75. The fourth-order valence-electron chi connectivity index (χ4n) is 2.64. The van der Waals surface area contributed by atoms with E-state index in [-0.39, 0.29) is 5.56 Å². The minimum atomic E-state index is 0.0134. The topological polar surface area (TPSA) is 37.6 Å². The Kier molecular flexibility index (Phi) is 2.94. The third-order valence-corrected chi connectivity index (χ3v) is 5.41. The molecule has 0 aliphatic carbocycles. The first-order chi connectivity index (χ1) is 9.79. The molecule has 0 N–H and O–H groups in total. The number of rotatable bonds is 2. The maximum Gasteiger partial charge on any atom is 0.258 e. The standard InChI is InChI=1S/C14H13N3OS2/c18-13-7-11(15-14-17(13)4-6-20-14)9-16-3-1-12-10(8-16)2-5-19-12/h2,4-7H,1,3,8-9H2. The second-order valence-electron chi connectivity index (χ2n) is 4.97. The maximum absolute atomic E-state index is 12.0. The maximum atomic E-state index is 12.0. The molecule has 3 aromatic rings. The van der Waals surface area contributed by atoms with Crippen LogP contribution < -0.4 is 5.56 Å². The molecule has 20 heavy (non-hydrogen) atoms. The highest BCUT2D eigenvalue weighted by molar-refractivity contribution is 7.15. The van der Waals surface area contributed by atoms with E-state index in [0.717, 1.165) is 36.7 Å². The predicted molar refractivity (Wildman–Crippen MR) is 81.5 cm³/mol. The first-order valence-electron chi connectivity index (χ1n) is 6.53. The van der Waals surface area contributed by atoms with Gasteiger partial charge in [0.25, 0.3) is 5.56 Å². The molecule has 0 unspecified atom stereocenters. The molecule has 1 aliphatic heterocycles. The lowest BCUT2D eigenvalue weighted by Crippen LogP contribution is -2.30. The van der Waals surface area contributed by atoms with Crippen LogP contribution in [0.4, 0.5) is 0 Å². The zero-order valence-corrected chi connectivity index (χ0v) is 12.4. The van der Waals surface area contributed by atoms with E-state index in [1.54, 1.807) is 16.7 Å². The first kappa shape index (κ1) is 12.3. The highest BCUT2D eigenvalue weighted by Crippen LogP contribution is 2.24. The monoisotopic (exact) mass is 303 g/mol. The summed E-state index contributed by atoms with van der Waals surface area (Å²) in [5.41, 5.74) is 2.31. The van der Waals surface area contributed by atoms with Crippen molar-refractivity contribution in [2.24, 2.45) is 0 Å². The van der Waals surface area contributed by atoms with E-state index >= 15 is 0 Å². The van der Waals surface area contributed by atoms with Gasteiger partial charge in [-0.15, -0.1) is 22.7 Å². The van der Waals surface area contributed by atoms with Crippen molar-refractivity contribution in [1.29, 1.82) is 0 Å². The van der Waals surface area contributed by atoms with Crippen molar-refractivity contribution >= 4 is 27.6 Å². The number of hydrogen-bond donors (Lipinski definition) is 0. The molecule has 0 spiro atoms. The largest absolute Gasteiger partial charge is 0.293 e. The number of aromatic nitrogens is 2. The molecule has 0 atom stereocenters. The van der Waals surface area contributed by atoms with Gasteiger partial charge in [0.05, 0.1) is 5.69 Å². The van der Waals surface area contributed by atoms with Gasteiger partial charge in [-0.1, -0.05) is 0 Å². The Balaban J connectivity index is 1.60. The van der Waals surface area contributed by atoms with E-state index in [4.69, 9.17) is 0 Å². The van der Waals surface area contributed by atoms with E-state index < -0.39 is 0 Å². The van der Waals surface area contributed by atoms with Gasteiger partial charge >= 0.3 is 0 Å². The Morgan fingerprint density at radius 2 is 2.25 bits per heavy atom. The predicted octanol–water partition coefficient (Wildman–Crippen LogP) is 2.38. The zero-order chi connectivity index (χ0) is 13.5. The Morgan fingerprint density at radius 3 is 3.20 bits per heavy atom. The molecule has 4 nitrogen and oxygen atoms in total. The van der Waals surface area contributed by atoms with Crippen LogP contribution in [0.2, 0.25) is 0 Å². The SMILES string of the molecule is O=c1cc(CN2CCc3sccc3C2)nc2sccn12. The molecule has 102 valence electrons. The van der Waals surface area contributed by atoms with Crippen molar-refractivity contribution in [2.45, 2.75) is 19.5 Å².